The summed E-state index contributed by atoms with van der Waals surface area (Å²) in [5.41, 5.74) is -0.425. The van der Waals surface area contributed by atoms with Gasteiger partial charge >= 0.3 is 91.2 Å². The summed E-state index contributed by atoms with van der Waals surface area (Å²) in [6, 6.07) is 28.9. The molecule has 0 bridgehead atoms. The van der Waals surface area contributed by atoms with Gasteiger partial charge in [-0.1, -0.05) is 96.1 Å². The molecule has 2 saturated heterocycles. The van der Waals surface area contributed by atoms with Gasteiger partial charge in [0.15, 0.2) is 0 Å². The Kier molecular flexibility index (Phi) is 19.8. The molecule has 2 fully saturated rings. The minimum atomic E-state index is -3.27. The van der Waals surface area contributed by atoms with E-state index in [4.69, 9.17) is 47.1 Å². The molecule has 0 saturated carbocycles. The number of sulfonamides is 2. The second-order valence-electron chi connectivity index (χ2n) is 10.6. The molecule has 6 N–H and O–H groups in total. The second-order valence-corrected chi connectivity index (χ2v) is 15.4. The molecule has 0 spiro atoms. The van der Waals surface area contributed by atoms with Crippen LogP contribution in [0.5, 0.6) is 0 Å². The first-order chi connectivity index (χ1) is 22.4. The van der Waals surface area contributed by atoms with Crippen molar-refractivity contribution in [3.05, 3.63) is 131 Å². The van der Waals surface area contributed by atoms with Gasteiger partial charge in [-0.25, -0.2) is 19.9 Å². The van der Waals surface area contributed by atoms with E-state index in [2.05, 4.69) is 10.3 Å². The Morgan fingerprint density at radius 3 is 0.923 bits per heavy atom. The van der Waals surface area contributed by atoms with Gasteiger partial charge in [0.05, 0.1) is 0 Å². The molecular weight excluding hydrogens is 863 g/mol. The van der Waals surface area contributed by atoms with E-state index in [1.165, 1.54) is 0 Å². The van der Waals surface area contributed by atoms with Gasteiger partial charge < -0.3 is 24.8 Å². The smallest absolute Gasteiger partial charge is 1.00 e. The molecular formula is C30H30Cl6N6Na2O6S2+2. The average Bonchev–Trinajstić information content (AvgIpc) is 3.35. The molecule has 4 aromatic carbocycles. The summed E-state index contributed by atoms with van der Waals surface area (Å²) in [4.78, 5) is 26.1. The van der Waals surface area contributed by atoms with Crippen LogP contribution in [0.1, 0.15) is 22.3 Å². The van der Waals surface area contributed by atoms with Crippen LogP contribution in [-0.4, -0.2) is 46.6 Å². The van der Waals surface area contributed by atoms with Crippen LogP contribution in [0.2, 0.25) is 0 Å². The van der Waals surface area contributed by atoms with Crippen LogP contribution in [0.4, 0.5) is 9.59 Å². The van der Waals surface area contributed by atoms with E-state index in [0.29, 0.717) is 11.1 Å². The Morgan fingerprint density at radius 2 is 0.712 bits per heavy atom. The maximum Gasteiger partial charge on any atom is 1.00 e. The standard InChI is InChI=1S/C16H10Cl4N4O2.2C7H9NO2S.2ClH.2Na/c17-21-13(25)23(19)16(12-9-5-2-6-10-12)15(21,11-7-3-1-4-8-11)22(18)14(26)24(16)20;2*1-6-2-4-7(5-3-6)11(8,9)10;;;;/h1-10H;2*2-5H,1H3,(H2,8,9,10);2*1H;;/q;;;;;2*+1. The molecule has 0 unspecified atom stereocenters. The predicted molar refractivity (Wildman–Crippen MR) is 180 cm³/mol. The Labute approximate surface area is 379 Å². The first kappa shape index (κ1) is 51.0. The molecule has 22 heteroatoms. The quantitative estimate of drug-likeness (QED) is 0.153. The van der Waals surface area contributed by atoms with Crippen LogP contribution in [-0.2, 0) is 31.4 Å². The van der Waals surface area contributed by atoms with E-state index >= 15 is 0 Å². The first-order valence-electron chi connectivity index (χ1n) is 13.7. The van der Waals surface area contributed by atoms with Crippen molar-refractivity contribution in [3.63, 3.8) is 0 Å². The fraction of sp³-hybridized carbons (Fsp3) is 0.133. The second kappa shape index (κ2) is 20.2. The molecule has 2 aliphatic heterocycles. The van der Waals surface area contributed by atoms with Gasteiger partial charge in [-0.05, 0) is 38.1 Å². The molecule has 52 heavy (non-hydrogen) atoms. The summed E-state index contributed by atoms with van der Waals surface area (Å²) in [5, 5.41) is 6.09. The Bertz CT molecular complexity index is 1860. The van der Waals surface area contributed by atoms with Gasteiger partial charge in [0.2, 0.25) is 11.3 Å². The van der Waals surface area contributed by atoms with Crippen molar-refractivity contribution >= 4 is 79.2 Å². The number of urea groups is 2. The summed E-state index contributed by atoms with van der Waals surface area (Å²) in [6.45, 7) is 3.80. The Balaban J connectivity index is 0.000000843. The molecule has 6 rings (SSSR count). The van der Waals surface area contributed by atoms with Gasteiger partial charge in [-0.15, -0.1) is 0 Å². The van der Waals surface area contributed by atoms with Crippen molar-refractivity contribution in [3.8, 4) is 0 Å². The number of carbonyl (C=O) groups is 2. The number of halogens is 6. The van der Waals surface area contributed by atoms with Gasteiger partial charge in [0.1, 0.15) is 9.79 Å². The topological polar surface area (TPSA) is 171 Å². The van der Waals surface area contributed by atoms with Crippen molar-refractivity contribution in [2.75, 3.05) is 0 Å². The third-order valence-electron chi connectivity index (χ3n) is 7.41. The fourth-order valence-electron chi connectivity index (χ4n) is 5.10. The van der Waals surface area contributed by atoms with E-state index in [-0.39, 0.29) is 93.7 Å². The molecule has 0 aromatic heterocycles. The average molecular weight is 893 g/mol. The largest absolute Gasteiger partial charge is 1.00 e. The molecule has 12 nitrogen and oxygen atoms in total. The number of amides is 4. The summed E-state index contributed by atoms with van der Waals surface area (Å²) >= 11 is 25.6. The van der Waals surface area contributed by atoms with Crippen molar-refractivity contribution in [1.82, 2.24) is 17.7 Å². The number of rotatable bonds is 4. The number of hydrogen-bond donors (Lipinski definition) is 2. The van der Waals surface area contributed by atoms with Crippen molar-refractivity contribution in [1.29, 1.82) is 0 Å². The fourth-order valence-corrected chi connectivity index (χ4v) is 7.82. The number of quaternary nitrogens is 2. The Hall–Kier alpha value is -1.02. The third-order valence-corrected chi connectivity index (χ3v) is 10.9. The van der Waals surface area contributed by atoms with Crippen molar-refractivity contribution < 1.29 is 121 Å². The maximum atomic E-state index is 12.8. The summed E-state index contributed by atoms with van der Waals surface area (Å²) in [7, 11) is -6.54. The number of benzene rings is 4. The van der Waals surface area contributed by atoms with Crippen LogP contribution in [0, 0.1) is 13.8 Å². The zero-order valence-corrected chi connectivity index (χ0v) is 38.3. The number of nitrogens with zero attached hydrogens (tertiary/aromatic N) is 4. The molecule has 2 heterocycles. The predicted octanol–water partition coefficient (Wildman–Crippen LogP) is -7.35. The summed E-state index contributed by atoms with van der Waals surface area (Å²) in [5.74, 6) is 0. The monoisotopic (exact) mass is 890 g/mol. The van der Waals surface area contributed by atoms with E-state index in [0.717, 1.165) is 28.8 Å². The number of hydrogen-bond acceptors (Lipinski definition) is 6. The third kappa shape index (κ3) is 9.67. The van der Waals surface area contributed by atoms with Crippen LogP contribution < -0.4 is 94.2 Å². The van der Waals surface area contributed by atoms with Crippen LogP contribution in [0.15, 0.2) is 119 Å². The maximum absolute atomic E-state index is 12.8. The van der Waals surface area contributed by atoms with E-state index in [9.17, 15) is 26.4 Å². The first-order valence-corrected chi connectivity index (χ1v) is 18.4. The molecule has 0 radical (unpaired) electrons. The van der Waals surface area contributed by atoms with Crippen LogP contribution in [0.25, 0.3) is 0 Å². The van der Waals surface area contributed by atoms with Crippen molar-refractivity contribution in [2.45, 2.75) is 35.0 Å². The zero-order valence-electron chi connectivity index (χ0n) is 28.1. The van der Waals surface area contributed by atoms with Crippen molar-refractivity contribution in [2.24, 2.45) is 0 Å². The number of carbonyl (C=O) groups excluding carboxylic acids is 2. The molecule has 0 atom stereocenters. The minimum absolute atomic E-state index is 0. The number of aryl methyl sites for hydroxylation is 2. The molecule has 4 aromatic rings. The van der Waals surface area contributed by atoms with Crippen LogP contribution in [0.3, 0.4) is 0 Å². The van der Waals surface area contributed by atoms with E-state index < -0.39 is 43.4 Å². The summed E-state index contributed by atoms with van der Waals surface area (Å²) < 4.78 is 46.5. The van der Waals surface area contributed by atoms with Gasteiger partial charge in [0, 0.05) is 58.2 Å². The SMILES string of the molecule is Cc1ccc(S([NH3+])(=O)=O)cc1.Cc1ccc(S([NH3+])(=O)=O)cc1.O=C1N(Cl)C2(c3ccccc3)N(Cl)C(=O)N(Cl)C2(c2ccccc2)N1Cl.[Cl-].[Cl-].[Na+].[Na+]. The zero-order chi connectivity index (χ0) is 35.7. The molecule has 270 valence electrons. The molecule has 4 amide bonds. The molecule has 2 aliphatic rings. The van der Waals surface area contributed by atoms with E-state index in [1.807, 2.05) is 13.8 Å². The minimum Gasteiger partial charge on any atom is -1.00 e. The Morgan fingerprint density at radius 1 is 0.481 bits per heavy atom. The summed E-state index contributed by atoms with van der Waals surface area (Å²) in [6.07, 6.45) is 0. The van der Waals surface area contributed by atoms with Gasteiger partial charge in [-0.3, -0.25) is 0 Å². The van der Waals surface area contributed by atoms with E-state index in [1.54, 1.807) is 109 Å². The number of fused-ring (bicyclic) bond motifs is 1. The molecule has 0 aliphatic carbocycles. The normalized spacial score (nSPS) is 18.9. The van der Waals surface area contributed by atoms with Gasteiger partial charge in [0.25, 0.3) is 0 Å². The van der Waals surface area contributed by atoms with Crippen LogP contribution >= 0.6 is 47.1 Å². The van der Waals surface area contributed by atoms with Gasteiger partial charge in [-0.2, -0.15) is 34.5 Å².